The topological polar surface area (TPSA) is 38.9 Å². The van der Waals surface area contributed by atoms with Gasteiger partial charge in [-0.15, -0.1) is 0 Å². The third-order valence-corrected chi connectivity index (χ3v) is 3.04. The van der Waals surface area contributed by atoms with E-state index in [1.54, 1.807) is 0 Å². The van der Waals surface area contributed by atoms with Gasteiger partial charge in [0, 0.05) is 17.6 Å². The molecule has 1 aromatic heterocycles. The molecule has 1 atom stereocenters. The van der Waals surface area contributed by atoms with Gasteiger partial charge in [0.1, 0.15) is 0 Å². The molecule has 0 aliphatic heterocycles. The van der Waals surface area contributed by atoms with Gasteiger partial charge < -0.3 is 5.73 Å². The number of benzene rings is 1. The molecule has 0 saturated carbocycles. The van der Waals surface area contributed by atoms with Crippen molar-refractivity contribution >= 4 is 10.9 Å². The van der Waals surface area contributed by atoms with Crippen LogP contribution in [0.2, 0.25) is 0 Å². The molecule has 14 heavy (non-hydrogen) atoms. The maximum absolute atomic E-state index is 6.02. The normalized spacial score (nSPS) is 19.9. The summed E-state index contributed by atoms with van der Waals surface area (Å²) < 4.78 is 0. The molecule has 1 aliphatic carbocycles. The Bertz CT molecular complexity index is 491. The molecular weight excluding hydrogens is 172 g/mol. The number of pyridine rings is 1. The Hall–Kier alpha value is -1.41. The lowest BCUT2D eigenvalue weighted by Crippen LogP contribution is -2.04. The van der Waals surface area contributed by atoms with E-state index in [0.29, 0.717) is 0 Å². The van der Waals surface area contributed by atoms with Crippen LogP contribution in [0, 0.1) is 0 Å². The van der Waals surface area contributed by atoms with E-state index < -0.39 is 0 Å². The third-order valence-electron chi connectivity index (χ3n) is 3.04. The van der Waals surface area contributed by atoms with E-state index in [2.05, 4.69) is 23.2 Å². The van der Waals surface area contributed by atoms with Crippen LogP contribution in [0.1, 0.15) is 23.6 Å². The summed E-state index contributed by atoms with van der Waals surface area (Å²) in [5, 5.41) is 1.28. The first-order valence-electron chi connectivity index (χ1n) is 4.98. The number of aromatic nitrogens is 1. The summed E-state index contributed by atoms with van der Waals surface area (Å²) in [5.41, 5.74) is 9.82. The van der Waals surface area contributed by atoms with Crippen LogP contribution in [-0.4, -0.2) is 4.98 Å². The molecule has 1 heterocycles. The highest BCUT2D eigenvalue weighted by molar-refractivity contribution is 5.84. The Labute approximate surface area is 82.8 Å². The summed E-state index contributed by atoms with van der Waals surface area (Å²) in [6.45, 7) is 0. The quantitative estimate of drug-likeness (QED) is 0.681. The lowest BCUT2D eigenvalue weighted by Gasteiger charge is -2.06. The second-order valence-corrected chi connectivity index (χ2v) is 3.85. The maximum Gasteiger partial charge on any atom is 0.0704 e. The van der Waals surface area contributed by atoms with Crippen LogP contribution in [0.4, 0.5) is 0 Å². The smallest absolute Gasteiger partial charge is 0.0704 e. The monoisotopic (exact) mass is 184 g/mol. The number of hydrogen-bond acceptors (Lipinski definition) is 2. The van der Waals surface area contributed by atoms with Crippen LogP contribution < -0.4 is 5.73 Å². The van der Waals surface area contributed by atoms with E-state index >= 15 is 0 Å². The van der Waals surface area contributed by atoms with Crippen molar-refractivity contribution < 1.29 is 0 Å². The zero-order valence-electron chi connectivity index (χ0n) is 7.90. The Kier molecular flexibility index (Phi) is 1.58. The van der Waals surface area contributed by atoms with Crippen molar-refractivity contribution in [3.63, 3.8) is 0 Å². The van der Waals surface area contributed by atoms with E-state index in [4.69, 9.17) is 5.73 Å². The first-order chi connectivity index (χ1) is 6.86. The predicted molar refractivity (Wildman–Crippen MR) is 57.0 cm³/mol. The van der Waals surface area contributed by atoms with Gasteiger partial charge in [-0.3, -0.25) is 4.98 Å². The molecule has 0 radical (unpaired) electrons. The molecule has 70 valence electrons. The lowest BCUT2D eigenvalue weighted by molar-refractivity contribution is 0.713. The number of nitrogens with two attached hydrogens (primary N) is 1. The standard InChI is InChI=1S/C12H12N2/c13-11-5-3-8-9(11)4-6-12-10(8)2-1-7-14-12/h1-2,4,6-7,11H,3,5,13H2. The molecule has 2 heteroatoms. The summed E-state index contributed by atoms with van der Waals surface area (Å²) in [5.74, 6) is 0. The summed E-state index contributed by atoms with van der Waals surface area (Å²) in [6.07, 6.45) is 4.01. The van der Waals surface area contributed by atoms with Crippen molar-refractivity contribution in [2.75, 3.05) is 0 Å². The van der Waals surface area contributed by atoms with Crippen LogP contribution in [0.3, 0.4) is 0 Å². The zero-order valence-corrected chi connectivity index (χ0v) is 7.90. The average molecular weight is 184 g/mol. The van der Waals surface area contributed by atoms with Gasteiger partial charge >= 0.3 is 0 Å². The third kappa shape index (κ3) is 0.976. The van der Waals surface area contributed by atoms with Crippen LogP contribution in [0.15, 0.2) is 30.5 Å². The summed E-state index contributed by atoms with van der Waals surface area (Å²) in [6, 6.07) is 8.56. The van der Waals surface area contributed by atoms with E-state index in [1.165, 1.54) is 16.5 Å². The Morgan fingerprint density at radius 2 is 2.21 bits per heavy atom. The van der Waals surface area contributed by atoms with Crippen LogP contribution in [-0.2, 0) is 6.42 Å². The molecule has 1 aromatic carbocycles. The lowest BCUT2D eigenvalue weighted by atomic mass is 10.0. The molecule has 0 saturated heterocycles. The number of aryl methyl sites for hydroxylation is 1. The summed E-state index contributed by atoms with van der Waals surface area (Å²) in [7, 11) is 0. The Morgan fingerprint density at radius 3 is 3.14 bits per heavy atom. The first kappa shape index (κ1) is 7.94. The fourth-order valence-corrected chi connectivity index (χ4v) is 2.31. The first-order valence-corrected chi connectivity index (χ1v) is 4.98. The minimum absolute atomic E-state index is 0.231. The van der Waals surface area contributed by atoms with E-state index in [9.17, 15) is 0 Å². The fraction of sp³-hybridized carbons (Fsp3) is 0.250. The number of fused-ring (bicyclic) bond motifs is 3. The zero-order chi connectivity index (χ0) is 9.54. The second-order valence-electron chi connectivity index (χ2n) is 3.85. The molecule has 0 amide bonds. The molecule has 2 N–H and O–H groups in total. The molecule has 0 spiro atoms. The molecule has 2 nitrogen and oxygen atoms in total. The minimum Gasteiger partial charge on any atom is -0.324 e. The van der Waals surface area contributed by atoms with Crippen LogP contribution >= 0.6 is 0 Å². The van der Waals surface area contributed by atoms with E-state index in [0.717, 1.165) is 18.4 Å². The molecule has 0 fully saturated rings. The highest BCUT2D eigenvalue weighted by Crippen LogP contribution is 2.33. The highest BCUT2D eigenvalue weighted by atomic mass is 14.7. The molecule has 1 unspecified atom stereocenters. The van der Waals surface area contributed by atoms with Crippen molar-refractivity contribution in [2.45, 2.75) is 18.9 Å². The van der Waals surface area contributed by atoms with Gasteiger partial charge in [0.2, 0.25) is 0 Å². The second kappa shape index (κ2) is 2.79. The van der Waals surface area contributed by atoms with Gasteiger partial charge in [-0.1, -0.05) is 12.1 Å². The molecular formula is C12H12N2. The number of hydrogen-bond donors (Lipinski definition) is 1. The van der Waals surface area contributed by atoms with Gasteiger partial charge in [-0.25, -0.2) is 0 Å². The number of nitrogens with zero attached hydrogens (tertiary/aromatic N) is 1. The Balaban J connectivity index is 2.38. The predicted octanol–water partition coefficient (Wildman–Crippen LogP) is 2.18. The van der Waals surface area contributed by atoms with Crippen LogP contribution in [0.25, 0.3) is 10.9 Å². The largest absolute Gasteiger partial charge is 0.324 e. The van der Waals surface area contributed by atoms with Crippen molar-refractivity contribution in [2.24, 2.45) is 5.73 Å². The van der Waals surface area contributed by atoms with Gasteiger partial charge in [0.15, 0.2) is 0 Å². The summed E-state index contributed by atoms with van der Waals surface area (Å²) >= 11 is 0. The van der Waals surface area contributed by atoms with Crippen molar-refractivity contribution in [1.29, 1.82) is 0 Å². The van der Waals surface area contributed by atoms with E-state index in [-0.39, 0.29) is 6.04 Å². The van der Waals surface area contributed by atoms with Gasteiger partial charge in [-0.05, 0) is 36.1 Å². The number of rotatable bonds is 0. The van der Waals surface area contributed by atoms with Crippen molar-refractivity contribution in [3.05, 3.63) is 41.6 Å². The molecule has 3 rings (SSSR count). The van der Waals surface area contributed by atoms with E-state index in [1.807, 2.05) is 12.3 Å². The SMILES string of the molecule is NC1CCc2c1ccc1ncccc21. The average Bonchev–Trinajstić information content (AvgIpc) is 2.61. The molecule has 1 aliphatic rings. The molecule has 2 aromatic rings. The molecule has 0 bridgehead atoms. The minimum atomic E-state index is 0.231. The van der Waals surface area contributed by atoms with Crippen LogP contribution in [0.5, 0.6) is 0 Å². The van der Waals surface area contributed by atoms with Gasteiger partial charge in [0.25, 0.3) is 0 Å². The van der Waals surface area contributed by atoms with Gasteiger partial charge in [0.05, 0.1) is 5.52 Å². The summed E-state index contributed by atoms with van der Waals surface area (Å²) in [4.78, 5) is 4.34. The van der Waals surface area contributed by atoms with Crippen molar-refractivity contribution in [3.8, 4) is 0 Å². The Morgan fingerprint density at radius 1 is 1.29 bits per heavy atom. The highest BCUT2D eigenvalue weighted by Gasteiger charge is 2.20. The fourth-order valence-electron chi connectivity index (χ4n) is 2.31. The van der Waals surface area contributed by atoms with Crippen molar-refractivity contribution in [1.82, 2.24) is 4.98 Å². The van der Waals surface area contributed by atoms with Gasteiger partial charge in [-0.2, -0.15) is 0 Å². The maximum atomic E-state index is 6.02.